The largest absolute Gasteiger partial charge is 0.295 e. The van der Waals surface area contributed by atoms with E-state index < -0.39 is 0 Å². The second-order valence-corrected chi connectivity index (χ2v) is 6.97. The number of aromatic nitrogens is 4. The van der Waals surface area contributed by atoms with Crippen LogP contribution in [0.5, 0.6) is 0 Å². The fourth-order valence-corrected chi connectivity index (χ4v) is 3.45. The van der Waals surface area contributed by atoms with Crippen molar-refractivity contribution >= 4 is 5.78 Å². The molecule has 130 valence electrons. The third kappa shape index (κ3) is 3.22. The lowest BCUT2D eigenvalue weighted by Gasteiger charge is -2.32. The van der Waals surface area contributed by atoms with E-state index in [1.165, 1.54) is 29.3 Å². The summed E-state index contributed by atoms with van der Waals surface area (Å²) in [5.41, 5.74) is 2.81. The first-order valence-corrected chi connectivity index (χ1v) is 8.90. The summed E-state index contributed by atoms with van der Waals surface area (Å²) in [4.78, 5) is 24.0. The molecule has 1 atom stereocenters. The molecule has 1 unspecified atom stereocenters. The average molecular weight is 337 g/mol. The molecule has 0 spiro atoms. The molecular weight excluding hydrogens is 314 g/mol. The number of nitrogens with one attached hydrogen (secondary N) is 1. The number of nitrogens with zero attached hydrogens (tertiary/aromatic N) is 4. The Morgan fingerprint density at radius 3 is 2.76 bits per heavy atom. The number of hydrogen-bond donors (Lipinski definition) is 1. The minimum absolute atomic E-state index is 0.115. The van der Waals surface area contributed by atoms with Gasteiger partial charge in [0.05, 0.1) is 5.69 Å². The number of benzene rings is 1. The molecule has 25 heavy (non-hydrogen) atoms. The van der Waals surface area contributed by atoms with Crippen molar-refractivity contribution in [3.63, 3.8) is 0 Å². The molecule has 1 aromatic carbocycles. The van der Waals surface area contributed by atoms with Gasteiger partial charge in [0.1, 0.15) is 0 Å². The normalized spacial score (nSPS) is 18.7. The first kappa shape index (κ1) is 16.0. The van der Waals surface area contributed by atoms with Crippen LogP contribution in [-0.2, 0) is 6.54 Å². The maximum atomic E-state index is 12.5. The molecule has 2 aromatic heterocycles. The van der Waals surface area contributed by atoms with Crippen molar-refractivity contribution < 1.29 is 0 Å². The molecule has 4 rings (SSSR count). The van der Waals surface area contributed by atoms with Crippen LogP contribution in [0.2, 0.25) is 0 Å². The third-order valence-electron chi connectivity index (χ3n) is 5.01. The molecule has 1 aliphatic heterocycles. The Hall–Kier alpha value is -2.47. The number of H-pyrrole nitrogens is 1. The fraction of sp³-hybridized carbons (Fsp3) is 0.421. The molecule has 1 aliphatic rings. The van der Waals surface area contributed by atoms with E-state index in [1.807, 2.05) is 31.2 Å². The molecule has 0 radical (unpaired) electrons. The lowest BCUT2D eigenvalue weighted by molar-refractivity contribution is 0.151. The minimum atomic E-state index is -0.115. The van der Waals surface area contributed by atoms with Gasteiger partial charge in [-0.15, -0.1) is 0 Å². The van der Waals surface area contributed by atoms with Crippen LogP contribution in [-0.4, -0.2) is 37.1 Å². The Kier molecular flexibility index (Phi) is 4.13. The van der Waals surface area contributed by atoms with Crippen LogP contribution in [0.15, 0.2) is 35.1 Å². The predicted octanol–water partition coefficient (Wildman–Crippen LogP) is 2.77. The molecular formula is C19H23N5O. The van der Waals surface area contributed by atoms with E-state index in [0.29, 0.717) is 24.2 Å². The predicted molar refractivity (Wildman–Crippen MR) is 97.5 cm³/mol. The highest BCUT2D eigenvalue weighted by atomic mass is 16.1. The van der Waals surface area contributed by atoms with E-state index >= 15 is 0 Å². The lowest BCUT2D eigenvalue weighted by Crippen LogP contribution is -2.37. The standard InChI is InChI=1S/C19H23N5O/c1-13-6-8-15(9-7-13)18-21-19-20-16(11-17(25)24(19)22-18)12-23-10-4-3-5-14(23)2/h6-9,11,14H,3-5,10,12H2,1-2H3,(H,20,21,22). The molecule has 6 heteroatoms. The number of rotatable bonds is 3. The summed E-state index contributed by atoms with van der Waals surface area (Å²) in [6, 6.07) is 10.2. The van der Waals surface area contributed by atoms with Gasteiger partial charge in [0, 0.05) is 24.2 Å². The van der Waals surface area contributed by atoms with E-state index in [2.05, 4.69) is 26.9 Å². The van der Waals surface area contributed by atoms with E-state index in [0.717, 1.165) is 17.8 Å². The van der Waals surface area contributed by atoms with E-state index in [4.69, 9.17) is 0 Å². The van der Waals surface area contributed by atoms with Gasteiger partial charge in [0.15, 0.2) is 5.82 Å². The van der Waals surface area contributed by atoms with Crippen LogP contribution in [0, 0.1) is 6.92 Å². The van der Waals surface area contributed by atoms with Gasteiger partial charge in [0.25, 0.3) is 11.3 Å². The van der Waals surface area contributed by atoms with Crippen molar-refractivity contribution in [3.05, 3.63) is 51.9 Å². The molecule has 1 N–H and O–H groups in total. The van der Waals surface area contributed by atoms with Crippen molar-refractivity contribution in [3.8, 4) is 11.4 Å². The smallest absolute Gasteiger partial charge is 0.274 e. The van der Waals surface area contributed by atoms with Gasteiger partial charge in [0.2, 0.25) is 0 Å². The molecule has 6 nitrogen and oxygen atoms in total. The van der Waals surface area contributed by atoms with Gasteiger partial charge < -0.3 is 0 Å². The van der Waals surface area contributed by atoms with Crippen molar-refractivity contribution in [2.45, 2.75) is 45.7 Å². The molecule has 0 aliphatic carbocycles. The topological polar surface area (TPSA) is 66.3 Å². The maximum Gasteiger partial charge on any atom is 0.274 e. The minimum Gasteiger partial charge on any atom is -0.295 e. The van der Waals surface area contributed by atoms with Crippen LogP contribution in [0.4, 0.5) is 0 Å². The number of hydrogen-bond acceptors (Lipinski definition) is 4. The molecule has 1 fully saturated rings. The second kappa shape index (κ2) is 6.44. The van der Waals surface area contributed by atoms with Gasteiger partial charge in [-0.05, 0) is 33.2 Å². The first-order valence-electron chi connectivity index (χ1n) is 8.90. The number of aromatic amines is 1. The van der Waals surface area contributed by atoms with Crippen molar-refractivity contribution in [1.82, 2.24) is 24.5 Å². The number of aryl methyl sites for hydroxylation is 1. The van der Waals surface area contributed by atoms with E-state index in [9.17, 15) is 4.79 Å². The van der Waals surface area contributed by atoms with Crippen LogP contribution in [0.1, 0.15) is 37.4 Å². The SMILES string of the molecule is Cc1ccc(-c2nc3nc(CN4CCCCC4C)cc(=O)n3[nH]2)cc1. The maximum absolute atomic E-state index is 12.5. The Bertz CT molecular complexity index is 941. The van der Waals surface area contributed by atoms with Gasteiger partial charge >= 0.3 is 0 Å². The summed E-state index contributed by atoms with van der Waals surface area (Å²) < 4.78 is 1.42. The zero-order valence-electron chi connectivity index (χ0n) is 14.7. The van der Waals surface area contributed by atoms with Gasteiger partial charge in [-0.2, -0.15) is 9.50 Å². The Morgan fingerprint density at radius 1 is 1.20 bits per heavy atom. The molecule has 0 saturated carbocycles. The summed E-state index contributed by atoms with van der Waals surface area (Å²) in [5, 5.41) is 3.06. The van der Waals surface area contributed by atoms with Crippen molar-refractivity contribution in [1.29, 1.82) is 0 Å². The molecule has 0 bridgehead atoms. The van der Waals surface area contributed by atoms with Crippen LogP contribution in [0.3, 0.4) is 0 Å². The summed E-state index contributed by atoms with van der Waals surface area (Å²) >= 11 is 0. The van der Waals surface area contributed by atoms with Crippen molar-refractivity contribution in [2.75, 3.05) is 6.54 Å². The van der Waals surface area contributed by atoms with Crippen LogP contribution < -0.4 is 5.56 Å². The highest BCUT2D eigenvalue weighted by molar-refractivity contribution is 5.57. The fourth-order valence-electron chi connectivity index (χ4n) is 3.45. The molecule has 1 saturated heterocycles. The van der Waals surface area contributed by atoms with E-state index in [-0.39, 0.29) is 5.56 Å². The van der Waals surface area contributed by atoms with Crippen LogP contribution in [0.25, 0.3) is 17.2 Å². The third-order valence-corrected chi connectivity index (χ3v) is 5.01. The van der Waals surface area contributed by atoms with Crippen LogP contribution >= 0.6 is 0 Å². The number of piperidine rings is 1. The summed E-state index contributed by atoms with van der Waals surface area (Å²) in [6.45, 7) is 6.06. The Morgan fingerprint density at radius 2 is 2.00 bits per heavy atom. The van der Waals surface area contributed by atoms with E-state index in [1.54, 1.807) is 6.07 Å². The highest BCUT2D eigenvalue weighted by Gasteiger charge is 2.19. The van der Waals surface area contributed by atoms with Gasteiger partial charge in [-0.3, -0.25) is 14.8 Å². The first-order chi connectivity index (χ1) is 12.1. The zero-order valence-corrected chi connectivity index (χ0v) is 14.7. The second-order valence-electron chi connectivity index (χ2n) is 6.97. The number of likely N-dealkylation sites (tertiary alicyclic amines) is 1. The Balaban J connectivity index is 1.67. The zero-order chi connectivity index (χ0) is 17.4. The molecule has 3 aromatic rings. The Labute approximate surface area is 146 Å². The van der Waals surface area contributed by atoms with Crippen molar-refractivity contribution in [2.24, 2.45) is 0 Å². The molecule has 0 amide bonds. The summed E-state index contributed by atoms with van der Waals surface area (Å²) in [7, 11) is 0. The summed E-state index contributed by atoms with van der Waals surface area (Å²) in [5.74, 6) is 1.09. The summed E-state index contributed by atoms with van der Waals surface area (Å²) in [6.07, 6.45) is 3.71. The monoisotopic (exact) mass is 337 g/mol. The quantitative estimate of drug-likeness (QED) is 0.798. The lowest BCUT2D eigenvalue weighted by atomic mass is 10.0. The van der Waals surface area contributed by atoms with Gasteiger partial charge in [-0.25, -0.2) is 4.98 Å². The number of fused-ring (bicyclic) bond motifs is 1. The average Bonchev–Trinajstić information content (AvgIpc) is 3.02. The molecule has 3 heterocycles. The highest BCUT2D eigenvalue weighted by Crippen LogP contribution is 2.19. The van der Waals surface area contributed by atoms with Gasteiger partial charge in [-0.1, -0.05) is 36.2 Å².